The maximum absolute atomic E-state index is 13.0. The average Bonchev–Trinajstić information content (AvgIpc) is 3.24. The Morgan fingerprint density at radius 2 is 2.11 bits per heavy atom. The highest BCUT2D eigenvalue weighted by molar-refractivity contribution is 5.99. The second kappa shape index (κ2) is 9.86. The first-order valence-electron chi connectivity index (χ1n) is 9.20. The lowest BCUT2D eigenvalue weighted by Crippen LogP contribution is -3.14. The Hall–Kier alpha value is -2.91. The second-order valence-electron chi connectivity index (χ2n) is 6.50. The zero-order valence-corrected chi connectivity index (χ0v) is 15.8. The van der Waals surface area contributed by atoms with Gasteiger partial charge in [0.05, 0.1) is 33.4 Å². The predicted octanol–water partition coefficient (Wildman–Crippen LogP) is -0.321. The number of methoxy groups -OCH3 is 1. The molecule has 1 saturated heterocycles. The van der Waals surface area contributed by atoms with Crippen LogP contribution in [0.4, 0.5) is 5.82 Å². The molecule has 0 radical (unpaired) electrons. The number of carbonyl (C=O) groups excluding carboxylic acids is 2. The third-order valence-corrected chi connectivity index (χ3v) is 4.58. The number of benzene rings is 1. The summed E-state index contributed by atoms with van der Waals surface area (Å²) in [6.07, 6.45) is 1.37. The van der Waals surface area contributed by atoms with Crippen LogP contribution in [0.1, 0.15) is 10.4 Å². The summed E-state index contributed by atoms with van der Waals surface area (Å²) in [5, 5.41) is 6.29. The number of carbonyl (C=O) groups is 2. The minimum atomic E-state index is -0.331. The average molecular weight is 389 g/mol. The summed E-state index contributed by atoms with van der Waals surface area (Å²) in [6.45, 7) is 4.34. The third kappa shape index (κ3) is 5.54. The predicted molar refractivity (Wildman–Crippen MR) is 100 cm³/mol. The fourth-order valence-corrected chi connectivity index (χ4v) is 3.03. The van der Waals surface area contributed by atoms with E-state index >= 15 is 0 Å². The van der Waals surface area contributed by atoms with Gasteiger partial charge in [-0.1, -0.05) is 11.2 Å². The number of anilines is 1. The number of ether oxygens (including phenoxy) is 2. The Bertz CT molecular complexity index is 774. The van der Waals surface area contributed by atoms with Gasteiger partial charge in [0.1, 0.15) is 31.6 Å². The van der Waals surface area contributed by atoms with E-state index in [0.717, 1.165) is 19.6 Å². The normalized spacial score (nSPS) is 14.5. The first-order valence-corrected chi connectivity index (χ1v) is 9.20. The number of nitrogens with one attached hydrogen (secondary N) is 2. The van der Waals surface area contributed by atoms with E-state index in [0.29, 0.717) is 36.9 Å². The Morgan fingerprint density at radius 3 is 2.82 bits per heavy atom. The smallest absolute Gasteiger partial charge is 0.254 e. The molecule has 0 spiro atoms. The molecule has 1 fully saturated rings. The Labute approximate surface area is 163 Å². The Morgan fingerprint density at radius 1 is 1.29 bits per heavy atom. The van der Waals surface area contributed by atoms with E-state index in [1.807, 2.05) is 0 Å². The molecule has 1 aromatic heterocycles. The number of quaternary nitrogens is 1. The lowest BCUT2D eigenvalue weighted by atomic mass is 10.2. The standard InChI is InChI=1S/C19H24N4O5/c1-26-16-4-2-3-15(13-16)19(25)23(7-6-22-8-11-27-12-9-22)14-18(24)20-17-5-10-28-21-17/h2-5,10,13H,6-9,11-12,14H2,1H3,(H,20,21,24)/p+1. The molecule has 3 rings (SSSR count). The molecule has 1 aliphatic heterocycles. The molecule has 9 heteroatoms. The van der Waals surface area contributed by atoms with E-state index in [1.54, 1.807) is 42.3 Å². The molecule has 9 nitrogen and oxygen atoms in total. The van der Waals surface area contributed by atoms with Gasteiger partial charge in [0.15, 0.2) is 5.82 Å². The molecule has 2 aromatic rings. The first-order chi connectivity index (χ1) is 13.7. The van der Waals surface area contributed by atoms with Gasteiger partial charge in [0.25, 0.3) is 5.91 Å². The number of hydrogen-bond donors (Lipinski definition) is 2. The van der Waals surface area contributed by atoms with Gasteiger partial charge in [-0.25, -0.2) is 0 Å². The lowest BCUT2D eigenvalue weighted by Gasteiger charge is -2.27. The molecule has 2 N–H and O–H groups in total. The van der Waals surface area contributed by atoms with Crippen LogP contribution in [0.5, 0.6) is 5.75 Å². The molecule has 150 valence electrons. The molecule has 0 saturated carbocycles. The fraction of sp³-hybridized carbons (Fsp3) is 0.421. The summed E-state index contributed by atoms with van der Waals surface area (Å²) in [6, 6.07) is 8.47. The summed E-state index contributed by atoms with van der Waals surface area (Å²) in [4.78, 5) is 28.3. The van der Waals surface area contributed by atoms with Gasteiger partial charge in [-0.2, -0.15) is 0 Å². The fourth-order valence-electron chi connectivity index (χ4n) is 3.03. The molecule has 1 aliphatic rings. The zero-order chi connectivity index (χ0) is 19.8. The number of rotatable bonds is 8. The van der Waals surface area contributed by atoms with Crippen molar-refractivity contribution in [1.82, 2.24) is 10.1 Å². The topological polar surface area (TPSA) is 98.3 Å². The molecule has 0 bridgehead atoms. The molecule has 0 aliphatic carbocycles. The lowest BCUT2D eigenvalue weighted by molar-refractivity contribution is -0.907. The summed E-state index contributed by atoms with van der Waals surface area (Å²) >= 11 is 0. The van der Waals surface area contributed by atoms with Crippen molar-refractivity contribution in [3.05, 3.63) is 42.2 Å². The molecule has 2 amide bonds. The Kier molecular flexibility index (Phi) is 6.99. The van der Waals surface area contributed by atoms with Gasteiger partial charge >= 0.3 is 0 Å². The summed E-state index contributed by atoms with van der Waals surface area (Å²) in [7, 11) is 1.55. The van der Waals surface area contributed by atoms with Gasteiger partial charge in [0.2, 0.25) is 5.91 Å². The van der Waals surface area contributed by atoms with Crippen LogP contribution in [-0.2, 0) is 9.53 Å². The molecular formula is C19H25N4O5+. The van der Waals surface area contributed by atoms with Gasteiger partial charge in [-0.05, 0) is 18.2 Å². The SMILES string of the molecule is COc1cccc(C(=O)N(CC[NH+]2CCOCC2)CC(=O)Nc2ccon2)c1. The zero-order valence-electron chi connectivity index (χ0n) is 15.8. The molecule has 0 unspecified atom stereocenters. The van der Waals surface area contributed by atoms with E-state index in [9.17, 15) is 9.59 Å². The highest BCUT2D eigenvalue weighted by Gasteiger charge is 2.22. The van der Waals surface area contributed by atoms with Crippen LogP contribution in [0, 0.1) is 0 Å². The number of morpholine rings is 1. The molecule has 28 heavy (non-hydrogen) atoms. The van der Waals surface area contributed by atoms with Gasteiger partial charge < -0.3 is 29.1 Å². The summed E-state index contributed by atoms with van der Waals surface area (Å²) in [5.41, 5.74) is 0.477. The highest BCUT2D eigenvalue weighted by Crippen LogP contribution is 2.14. The van der Waals surface area contributed by atoms with Crippen molar-refractivity contribution < 1.29 is 28.5 Å². The van der Waals surface area contributed by atoms with Crippen molar-refractivity contribution >= 4 is 17.6 Å². The van der Waals surface area contributed by atoms with Crippen LogP contribution >= 0.6 is 0 Å². The van der Waals surface area contributed by atoms with E-state index in [1.165, 1.54) is 11.2 Å². The van der Waals surface area contributed by atoms with Gasteiger partial charge in [-0.3, -0.25) is 9.59 Å². The van der Waals surface area contributed by atoms with Crippen LogP contribution in [0.15, 0.2) is 41.1 Å². The van der Waals surface area contributed by atoms with E-state index in [4.69, 9.17) is 14.0 Å². The molecule has 1 aromatic carbocycles. The second-order valence-corrected chi connectivity index (χ2v) is 6.50. The highest BCUT2D eigenvalue weighted by atomic mass is 16.5. The van der Waals surface area contributed by atoms with E-state index < -0.39 is 0 Å². The largest absolute Gasteiger partial charge is 0.497 e. The molecule has 0 atom stereocenters. The number of nitrogens with zero attached hydrogens (tertiary/aromatic N) is 2. The number of amides is 2. The van der Waals surface area contributed by atoms with Crippen molar-refractivity contribution in [2.24, 2.45) is 0 Å². The first kappa shape index (κ1) is 19.8. The molecular weight excluding hydrogens is 364 g/mol. The van der Waals surface area contributed by atoms with Crippen LogP contribution in [0.25, 0.3) is 0 Å². The van der Waals surface area contributed by atoms with Crippen LogP contribution in [0.3, 0.4) is 0 Å². The molecule has 2 heterocycles. The van der Waals surface area contributed by atoms with Crippen molar-refractivity contribution in [3.63, 3.8) is 0 Å². The third-order valence-electron chi connectivity index (χ3n) is 4.58. The number of aromatic nitrogens is 1. The maximum Gasteiger partial charge on any atom is 0.254 e. The van der Waals surface area contributed by atoms with Gasteiger partial charge in [0, 0.05) is 11.6 Å². The summed E-state index contributed by atoms with van der Waals surface area (Å²) < 4.78 is 15.3. The van der Waals surface area contributed by atoms with Crippen molar-refractivity contribution in [2.75, 3.05) is 58.4 Å². The maximum atomic E-state index is 13.0. The van der Waals surface area contributed by atoms with Crippen molar-refractivity contribution in [3.8, 4) is 5.75 Å². The van der Waals surface area contributed by atoms with Crippen LogP contribution < -0.4 is 15.0 Å². The monoisotopic (exact) mass is 389 g/mol. The number of hydrogen-bond acceptors (Lipinski definition) is 6. The minimum absolute atomic E-state index is 0.0767. The van der Waals surface area contributed by atoms with Crippen LogP contribution in [0.2, 0.25) is 0 Å². The van der Waals surface area contributed by atoms with Gasteiger partial charge in [-0.15, -0.1) is 0 Å². The van der Waals surface area contributed by atoms with E-state index in [-0.39, 0.29) is 18.4 Å². The summed E-state index contributed by atoms with van der Waals surface area (Å²) in [5.74, 6) is 0.359. The van der Waals surface area contributed by atoms with E-state index in [2.05, 4.69) is 10.5 Å². The van der Waals surface area contributed by atoms with Crippen molar-refractivity contribution in [1.29, 1.82) is 0 Å². The minimum Gasteiger partial charge on any atom is -0.497 e. The Balaban J connectivity index is 1.68. The van der Waals surface area contributed by atoms with Crippen LogP contribution in [-0.4, -0.2) is 74.9 Å². The van der Waals surface area contributed by atoms with Crippen molar-refractivity contribution in [2.45, 2.75) is 0 Å². The quantitative estimate of drug-likeness (QED) is 0.642.